The minimum atomic E-state index is -2.63. The van der Waals surface area contributed by atoms with Gasteiger partial charge in [0.25, 0.3) is 11.8 Å². The maximum Gasteiger partial charge on any atom is 0.274 e. The van der Waals surface area contributed by atoms with E-state index in [4.69, 9.17) is 0 Å². The molecule has 1 saturated carbocycles. The van der Waals surface area contributed by atoms with Gasteiger partial charge in [0, 0.05) is 30.3 Å². The Balaban J connectivity index is 1.39. The molecule has 1 aliphatic carbocycles. The van der Waals surface area contributed by atoms with Gasteiger partial charge in [-0.05, 0) is 30.7 Å². The largest absolute Gasteiger partial charge is 0.320 e. The highest BCUT2D eigenvalue weighted by molar-refractivity contribution is 6.04. The molecule has 0 spiro atoms. The number of alkyl halides is 2. The molecule has 7 nitrogen and oxygen atoms in total. The molecule has 0 unspecified atom stereocenters. The quantitative estimate of drug-likeness (QED) is 0.551. The number of carbonyl (C=O) groups is 1. The van der Waals surface area contributed by atoms with Gasteiger partial charge in [0.1, 0.15) is 17.0 Å². The zero-order valence-electron chi connectivity index (χ0n) is 16.1. The second-order valence-corrected chi connectivity index (χ2v) is 7.52. The van der Waals surface area contributed by atoms with Crippen molar-refractivity contribution in [2.45, 2.75) is 31.7 Å². The molecule has 0 atom stereocenters. The van der Waals surface area contributed by atoms with E-state index in [9.17, 15) is 13.6 Å². The van der Waals surface area contributed by atoms with Crippen LogP contribution >= 0.6 is 0 Å². The molecule has 0 bridgehead atoms. The van der Waals surface area contributed by atoms with Crippen molar-refractivity contribution < 1.29 is 13.6 Å². The summed E-state index contributed by atoms with van der Waals surface area (Å²) in [5, 5.41) is 11.4. The fourth-order valence-corrected chi connectivity index (χ4v) is 3.58. The van der Waals surface area contributed by atoms with Crippen molar-refractivity contribution in [2.75, 3.05) is 5.32 Å². The fourth-order valence-electron chi connectivity index (χ4n) is 3.58. The average molecular weight is 408 g/mol. The number of pyridine rings is 1. The predicted octanol–water partition coefficient (Wildman–Crippen LogP) is 4.12. The van der Waals surface area contributed by atoms with Crippen LogP contribution in [0.2, 0.25) is 0 Å². The van der Waals surface area contributed by atoms with Crippen LogP contribution < -0.4 is 5.32 Å². The molecule has 0 radical (unpaired) electrons. The summed E-state index contributed by atoms with van der Waals surface area (Å²) in [5.74, 6) is -2.91. The third-order valence-corrected chi connectivity index (χ3v) is 5.33. The number of rotatable bonds is 4. The Kier molecular flexibility index (Phi) is 4.12. The number of nitrogens with zero attached hydrogens (tertiary/aromatic N) is 5. The molecule has 30 heavy (non-hydrogen) atoms. The van der Waals surface area contributed by atoms with Gasteiger partial charge in [-0.1, -0.05) is 18.2 Å². The fraction of sp³-hybridized carbons (Fsp3) is 0.238. The van der Waals surface area contributed by atoms with Gasteiger partial charge in [-0.3, -0.25) is 9.20 Å². The molecule has 5 rings (SSSR count). The predicted molar refractivity (Wildman–Crippen MR) is 107 cm³/mol. The summed E-state index contributed by atoms with van der Waals surface area (Å²) < 4.78 is 28.0. The molecule has 152 valence electrons. The highest BCUT2D eigenvalue weighted by Gasteiger charge is 2.47. The van der Waals surface area contributed by atoms with E-state index in [0.717, 1.165) is 11.1 Å². The molecular formula is C21H18F2N6O. The van der Waals surface area contributed by atoms with E-state index in [-0.39, 0.29) is 24.8 Å². The van der Waals surface area contributed by atoms with Crippen LogP contribution in [0.25, 0.3) is 16.9 Å². The number of aryl methyl sites for hydroxylation is 1. The number of imidazole rings is 1. The summed E-state index contributed by atoms with van der Waals surface area (Å²) in [6.07, 6.45) is 4.38. The van der Waals surface area contributed by atoms with E-state index < -0.39 is 5.92 Å². The lowest BCUT2D eigenvalue weighted by Gasteiger charge is -2.33. The van der Waals surface area contributed by atoms with Crippen LogP contribution in [-0.2, 0) is 0 Å². The first-order valence-corrected chi connectivity index (χ1v) is 9.54. The first-order valence-electron chi connectivity index (χ1n) is 9.54. The van der Waals surface area contributed by atoms with Crippen molar-refractivity contribution >= 4 is 17.2 Å². The van der Waals surface area contributed by atoms with Gasteiger partial charge in [0.2, 0.25) is 0 Å². The molecule has 1 fully saturated rings. The summed E-state index contributed by atoms with van der Waals surface area (Å²) in [6.45, 7) is 1.89. The van der Waals surface area contributed by atoms with Gasteiger partial charge in [-0.2, -0.15) is 15.0 Å². The highest BCUT2D eigenvalue weighted by Crippen LogP contribution is 2.44. The van der Waals surface area contributed by atoms with Gasteiger partial charge in [0.15, 0.2) is 0 Å². The molecule has 1 amide bonds. The number of halogens is 2. The normalized spacial score (nSPS) is 15.8. The number of hydrogen-bond donors (Lipinski definition) is 1. The molecular weight excluding hydrogens is 390 g/mol. The molecule has 1 aromatic carbocycles. The lowest BCUT2D eigenvalue weighted by Crippen LogP contribution is -2.38. The summed E-state index contributed by atoms with van der Waals surface area (Å²) >= 11 is 0. The molecule has 4 aromatic rings. The van der Waals surface area contributed by atoms with Crippen molar-refractivity contribution in [2.24, 2.45) is 0 Å². The van der Waals surface area contributed by atoms with E-state index in [1.165, 1.54) is 11.0 Å². The first-order chi connectivity index (χ1) is 14.4. The Labute approximate surface area is 170 Å². The average Bonchev–Trinajstić information content (AvgIpc) is 3.35. The van der Waals surface area contributed by atoms with Crippen molar-refractivity contribution in [1.29, 1.82) is 0 Å². The standard InChI is InChI=1S/C21H18F2N6O/c1-13-5-6-14(17-11-25-29(27-17)15-9-21(22,23)10-15)8-16(13)26-20(30)18-12-24-19-4-2-3-7-28(18)19/h2-8,11-12,15H,9-10H2,1H3,(H,26,30). The number of anilines is 1. The second kappa shape index (κ2) is 6.72. The van der Waals surface area contributed by atoms with Crippen LogP contribution in [0.4, 0.5) is 14.5 Å². The summed E-state index contributed by atoms with van der Waals surface area (Å²) in [6, 6.07) is 10.7. The van der Waals surface area contributed by atoms with Crippen LogP contribution in [0.15, 0.2) is 55.0 Å². The molecule has 0 saturated heterocycles. The lowest BCUT2D eigenvalue weighted by molar-refractivity contribution is -0.110. The van der Waals surface area contributed by atoms with Crippen molar-refractivity contribution in [3.63, 3.8) is 0 Å². The van der Waals surface area contributed by atoms with E-state index in [2.05, 4.69) is 20.5 Å². The SMILES string of the molecule is Cc1ccc(-c2cnn(C3CC(F)(F)C3)n2)cc1NC(=O)c1cnc2ccccn12. The van der Waals surface area contributed by atoms with Gasteiger partial charge < -0.3 is 5.32 Å². The third-order valence-electron chi connectivity index (χ3n) is 5.33. The van der Waals surface area contributed by atoms with Crippen LogP contribution in [0.1, 0.15) is 34.9 Å². The van der Waals surface area contributed by atoms with Crippen molar-refractivity contribution in [1.82, 2.24) is 24.4 Å². The molecule has 1 N–H and O–H groups in total. The lowest BCUT2D eigenvalue weighted by atomic mass is 9.89. The number of nitrogens with one attached hydrogen (secondary N) is 1. The Morgan fingerprint density at radius 3 is 2.83 bits per heavy atom. The molecule has 9 heteroatoms. The maximum absolute atomic E-state index is 13.1. The third kappa shape index (κ3) is 3.22. The number of benzene rings is 1. The zero-order valence-corrected chi connectivity index (χ0v) is 16.1. The smallest absolute Gasteiger partial charge is 0.274 e. The summed E-state index contributed by atoms with van der Waals surface area (Å²) in [7, 11) is 0. The second-order valence-electron chi connectivity index (χ2n) is 7.52. The molecule has 3 heterocycles. The van der Waals surface area contributed by atoms with Crippen LogP contribution in [-0.4, -0.2) is 36.2 Å². The topological polar surface area (TPSA) is 77.1 Å². The molecule has 0 aliphatic heterocycles. The molecule has 1 aliphatic rings. The Morgan fingerprint density at radius 1 is 1.20 bits per heavy atom. The van der Waals surface area contributed by atoms with Gasteiger partial charge in [0.05, 0.1) is 18.4 Å². The minimum Gasteiger partial charge on any atom is -0.320 e. The first kappa shape index (κ1) is 18.4. The van der Waals surface area contributed by atoms with Gasteiger partial charge in [-0.15, -0.1) is 0 Å². The van der Waals surface area contributed by atoms with Crippen molar-refractivity contribution in [3.05, 3.63) is 66.2 Å². The Hall–Kier alpha value is -3.62. The van der Waals surface area contributed by atoms with Crippen molar-refractivity contribution in [3.8, 4) is 11.3 Å². The number of carbonyl (C=O) groups excluding carboxylic acids is 1. The number of hydrogen-bond acceptors (Lipinski definition) is 4. The van der Waals surface area contributed by atoms with Gasteiger partial charge in [-0.25, -0.2) is 13.8 Å². The van der Waals surface area contributed by atoms with Gasteiger partial charge >= 0.3 is 0 Å². The van der Waals surface area contributed by atoms with E-state index in [1.54, 1.807) is 22.9 Å². The van der Waals surface area contributed by atoms with E-state index >= 15 is 0 Å². The van der Waals surface area contributed by atoms with Crippen LogP contribution in [0.3, 0.4) is 0 Å². The summed E-state index contributed by atoms with van der Waals surface area (Å²) in [4.78, 5) is 18.4. The van der Waals surface area contributed by atoms with Crippen LogP contribution in [0.5, 0.6) is 0 Å². The highest BCUT2D eigenvalue weighted by atomic mass is 19.3. The zero-order chi connectivity index (χ0) is 20.9. The molecule has 3 aromatic heterocycles. The maximum atomic E-state index is 13.1. The monoisotopic (exact) mass is 408 g/mol. The summed E-state index contributed by atoms with van der Waals surface area (Å²) in [5.41, 5.74) is 3.93. The number of aromatic nitrogens is 5. The van der Waals surface area contributed by atoms with E-state index in [1.807, 2.05) is 37.3 Å². The minimum absolute atomic E-state index is 0.240. The number of amides is 1. The number of fused-ring (bicyclic) bond motifs is 1. The van der Waals surface area contributed by atoms with Crippen LogP contribution in [0, 0.1) is 6.92 Å². The Bertz CT molecular complexity index is 1250. The van der Waals surface area contributed by atoms with E-state index in [0.29, 0.717) is 22.7 Å². The Morgan fingerprint density at radius 2 is 2.03 bits per heavy atom.